The fourth-order valence-electron chi connectivity index (χ4n) is 2.15. The number of nitrogens with zero attached hydrogens (tertiary/aromatic N) is 4. The van der Waals surface area contributed by atoms with Crippen LogP contribution in [0.15, 0.2) is 16.6 Å². The van der Waals surface area contributed by atoms with Crippen molar-refractivity contribution in [1.29, 1.82) is 0 Å². The lowest BCUT2D eigenvalue weighted by Gasteiger charge is -2.35. The van der Waals surface area contributed by atoms with Crippen molar-refractivity contribution in [2.24, 2.45) is 10.7 Å². The van der Waals surface area contributed by atoms with Crippen molar-refractivity contribution in [2.45, 2.75) is 25.5 Å². The van der Waals surface area contributed by atoms with E-state index in [9.17, 15) is 4.21 Å². The van der Waals surface area contributed by atoms with Crippen molar-refractivity contribution in [2.75, 3.05) is 43.4 Å². The largest absolute Gasteiger partial charge is 0.370 e. The maximum atomic E-state index is 12.0. The van der Waals surface area contributed by atoms with Gasteiger partial charge in [-0.15, -0.1) is 11.3 Å². The second-order valence-electron chi connectivity index (χ2n) is 6.19. The molecular weight excluding hydrogens is 318 g/mol. The molecule has 6 nitrogen and oxygen atoms in total. The smallest absolute Gasteiger partial charge is 0.191 e. The Hall–Kier alpha value is -1.15. The molecule has 0 radical (unpaired) electrons. The Morgan fingerprint density at radius 3 is 2.64 bits per heavy atom. The first-order valence-electron chi connectivity index (χ1n) is 7.46. The van der Waals surface area contributed by atoms with Gasteiger partial charge in [0.15, 0.2) is 11.1 Å². The summed E-state index contributed by atoms with van der Waals surface area (Å²) in [5, 5.41) is 3.06. The highest BCUT2D eigenvalue weighted by Crippen LogP contribution is 2.18. The van der Waals surface area contributed by atoms with Crippen LogP contribution in [0.5, 0.6) is 0 Å². The molecule has 1 aromatic heterocycles. The number of aromatic nitrogens is 1. The maximum absolute atomic E-state index is 12.0. The average molecular weight is 344 g/mol. The number of aliphatic imine (C=N–C) groups is 1. The summed E-state index contributed by atoms with van der Waals surface area (Å²) in [6.45, 7) is 9.95. The quantitative estimate of drug-likeness (QED) is 0.655. The number of piperazine rings is 1. The van der Waals surface area contributed by atoms with Gasteiger partial charge in [-0.3, -0.25) is 9.20 Å². The Morgan fingerprint density at radius 1 is 1.41 bits per heavy atom. The van der Waals surface area contributed by atoms with Gasteiger partial charge in [-0.1, -0.05) is 0 Å². The molecule has 1 aliphatic heterocycles. The summed E-state index contributed by atoms with van der Waals surface area (Å²) in [6.07, 6.45) is 1.83. The van der Waals surface area contributed by atoms with Crippen LogP contribution in [-0.4, -0.2) is 63.3 Å². The van der Waals surface area contributed by atoms with Crippen LogP contribution in [-0.2, 0) is 10.8 Å². The first-order valence-corrected chi connectivity index (χ1v) is 9.65. The van der Waals surface area contributed by atoms with Crippen molar-refractivity contribution >= 4 is 33.2 Å². The standard InChI is InChI=1S/C14H25N5OS2/c1-14(2,3)22(20)11-5-16-12(15)18-6-8-19(9-7-18)13-17-4-10-21-13/h4,10H,5-9,11H2,1-3H3,(H2,15,16). The molecule has 1 aliphatic rings. The minimum Gasteiger partial charge on any atom is -0.370 e. The zero-order valence-corrected chi connectivity index (χ0v) is 15.1. The Balaban J connectivity index is 1.78. The van der Waals surface area contributed by atoms with Gasteiger partial charge in [-0.05, 0) is 20.8 Å². The molecule has 1 unspecified atom stereocenters. The van der Waals surface area contributed by atoms with Gasteiger partial charge in [0, 0.05) is 59.1 Å². The number of anilines is 1. The lowest BCUT2D eigenvalue weighted by atomic mass is 10.3. The van der Waals surface area contributed by atoms with Gasteiger partial charge >= 0.3 is 0 Å². The fourth-order valence-corrected chi connectivity index (χ4v) is 3.71. The maximum Gasteiger partial charge on any atom is 0.191 e. The van der Waals surface area contributed by atoms with Gasteiger partial charge in [-0.2, -0.15) is 0 Å². The summed E-state index contributed by atoms with van der Waals surface area (Å²) in [5.41, 5.74) is 6.05. The van der Waals surface area contributed by atoms with Crippen molar-refractivity contribution in [1.82, 2.24) is 9.88 Å². The molecule has 1 saturated heterocycles. The van der Waals surface area contributed by atoms with Crippen LogP contribution in [0.25, 0.3) is 0 Å². The van der Waals surface area contributed by atoms with Crippen LogP contribution in [0.2, 0.25) is 0 Å². The van der Waals surface area contributed by atoms with Crippen molar-refractivity contribution < 1.29 is 4.21 Å². The second-order valence-corrected chi connectivity index (χ2v) is 9.39. The SMILES string of the molecule is CC(C)(C)S(=O)CCN=C(N)N1CCN(c2nccs2)CC1. The Labute approximate surface area is 138 Å². The van der Waals surface area contributed by atoms with Crippen LogP contribution >= 0.6 is 11.3 Å². The Kier molecular flexibility index (Phi) is 5.80. The molecule has 0 saturated carbocycles. The fraction of sp³-hybridized carbons (Fsp3) is 0.714. The van der Waals surface area contributed by atoms with E-state index in [-0.39, 0.29) is 4.75 Å². The molecule has 8 heteroatoms. The van der Waals surface area contributed by atoms with Gasteiger partial charge in [0.2, 0.25) is 0 Å². The molecule has 2 rings (SSSR count). The van der Waals surface area contributed by atoms with Crippen LogP contribution in [0.4, 0.5) is 5.13 Å². The van der Waals surface area contributed by atoms with E-state index in [1.165, 1.54) is 0 Å². The third-order valence-corrected chi connectivity index (χ3v) is 6.28. The number of hydrogen-bond donors (Lipinski definition) is 1. The number of hydrogen-bond acceptors (Lipinski definition) is 5. The number of guanidine groups is 1. The number of thiazole rings is 1. The van der Waals surface area contributed by atoms with Gasteiger partial charge in [0.1, 0.15) is 0 Å². The van der Waals surface area contributed by atoms with E-state index in [4.69, 9.17) is 5.73 Å². The number of rotatable bonds is 4. The van der Waals surface area contributed by atoms with Crippen molar-refractivity contribution in [3.8, 4) is 0 Å². The van der Waals surface area contributed by atoms with Gasteiger partial charge in [-0.25, -0.2) is 4.98 Å². The lowest BCUT2D eigenvalue weighted by molar-refractivity contribution is 0.381. The molecule has 0 aromatic carbocycles. The highest BCUT2D eigenvalue weighted by Gasteiger charge is 2.21. The molecule has 1 atom stereocenters. The Morgan fingerprint density at radius 2 is 2.09 bits per heavy atom. The highest BCUT2D eigenvalue weighted by atomic mass is 32.2. The molecule has 0 aliphatic carbocycles. The highest BCUT2D eigenvalue weighted by molar-refractivity contribution is 7.86. The zero-order chi connectivity index (χ0) is 16.2. The lowest BCUT2D eigenvalue weighted by Crippen LogP contribution is -2.51. The first kappa shape index (κ1) is 17.2. The van der Waals surface area contributed by atoms with Gasteiger partial charge < -0.3 is 15.5 Å². The minimum absolute atomic E-state index is 0.191. The third kappa shape index (κ3) is 4.67. The summed E-state index contributed by atoms with van der Waals surface area (Å²) >= 11 is 1.66. The van der Waals surface area contributed by atoms with E-state index in [1.807, 2.05) is 32.3 Å². The van der Waals surface area contributed by atoms with Crippen molar-refractivity contribution in [3.05, 3.63) is 11.6 Å². The summed E-state index contributed by atoms with van der Waals surface area (Å²) in [7, 11) is -0.881. The monoisotopic (exact) mass is 343 g/mol. The number of nitrogens with two attached hydrogens (primary N) is 1. The van der Waals surface area contributed by atoms with Crippen LogP contribution in [0, 0.1) is 0 Å². The molecule has 22 heavy (non-hydrogen) atoms. The summed E-state index contributed by atoms with van der Waals surface area (Å²) < 4.78 is 11.8. The Bertz CT molecular complexity index is 516. The predicted molar refractivity (Wildman–Crippen MR) is 95.2 cm³/mol. The molecule has 0 amide bonds. The van der Waals surface area contributed by atoms with Gasteiger partial charge in [0.25, 0.3) is 0 Å². The van der Waals surface area contributed by atoms with E-state index < -0.39 is 10.8 Å². The second kappa shape index (κ2) is 7.41. The molecular formula is C14H25N5OS2. The van der Waals surface area contributed by atoms with Crippen molar-refractivity contribution in [3.63, 3.8) is 0 Å². The molecule has 2 heterocycles. The van der Waals surface area contributed by atoms with E-state index in [0.717, 1.165) is 31.3 Å². The predicted octanol–water partition coefficient (Wildman–Crippen LogP) is 1.13. The molecule has 2 N–H and O–H groups in total. The normalized spacial score (nSPS) is 18.6. The molecule has 0 bridgehead atoms. The summed E-state index contributed by atoms with van der Waals surface area (Å²) in [4.78, 5) is 13.1. The topological polar surface area (TPSA) is 74.8 Å². The molecule has 1 fully saturated rings. The molecule has 124 valence electrons. The van der Waals surface area contributed by atoms with E-state index >= 15 is 0 Å². The van der Waals surface area contributed by atoms with E-state index in [2.05, 4.69) is 19.8 Å². The molecule has 0 spiro atoms. The van der Waals surface area contributed by atoms with Crippen LogP contribution in [0.3, 0.4) is 0 Å². The summed E-state index contributed by atoms with van der Waals surface area (Å²) in [6, 6.07) is 0. The average Bonchev–Trinajstić information content (AvgIpc) is 3.00. The minimum atomic E-state index is -0.881. The summed E-state index contributed by atoms with van der Waals surface area (Å²) in [5.74, 6) is 1.12. The van der Waals surface area contributed by atoms with Crippen LogP contribution < -0.4 is 10.6 Å². The van der Waals surface area contributed by atoms with Crippen LogP contribution in [0.1, 0.15) is 20.8 Å². The molecule has 1 aromatic rings. The zero-order valence-electron chi connectivity index (χ0n) is 13.5. The van der Waals surface area contributed by atoms with E-state index in [0.29, 0.717) is 18.3 Å². The van der Waals surface area contributed by atoms with Gasteiger partial charge in [0.05, 0.1) is 6.54 Å². The third-order valence-electron chi connectivity index (χ3n) is 3.53. The first-order chi connectivity index (χ1) is 10.4. The van der Waals surface area contributed by atoms with E-state index in [1.54, 1.807) is 11.3 Å².